The number of aromatic nitrogens is 1. The van der Waals surface area contributed by atoms with Crippen LogP contribution >= 0.6 is 11.3 Å². The molecule has 5 rings (SSSR count). The van der Waals surface area contributed by atoms with Crippen LogP contribution in [0.2, 0.25) is 0 Å². The van der Waals surface area contributed by atoms with E-state index in [4.69, 9.17) is 9.47 Å². The molecule has 1 atom stereocenters. The number of carbonyl (C=O) groups is 1. The second-order valence-electron chi connectivity index (χ2n) is 8.69. The molecule has 0 fully saturated rings. The molecule has 1 aliphatic heterocycles. The molecule has 0 N–H and O–H groups in total. The minimum Gasteiger partial charge on any atom is -0.489 e. The summed E-state index contributed by atoms with van der Waals surface area (Å²) in [6.45, 7) is 2.17. The molecule has 0 bridgehead atoms. The predicted octanol–water partition coefficient (Wildman–Crippen LogP) is 4.52. The number of ether oxygens (including phenoxy) is 2. The highest BCUT2D eigenvalue weighted by Gasteiger charge is 2.33. The van der Waals surface area contributed by atoms with Gasteiger partial charge in [-0.2, -0.15) is 0 Å². The van der Waals surface area contributed by atoms with E-state index in [0.717, 1.165) is 16.7 Å². The van der Waals surface area contributed by atoms with Crippen molar-refractivity contribution in [3.05, 3.63) is 132 Å². The number of allylic oxidation sites excluding steroid dienone is 1. The lowest BCUT2D eigenvalue weighted by Crippen LogP contribution is -2.40. The second-order valence-corrected chi connectivity index (χ2v) is 9.70. The van der Waals surface area contributed by atoms with E-state index in [1.54, 1.807) is 34.9 Å². The maximum absolute atomic E-state index is 13.7. The highest BCUT2D eigenvalue weighted by Crippen LogP contribution is 2.31. The molecule has 1 aromatic heterocycles. The SMILES string of the molecule is CCC1=C(C(=O)OC)[C@@H](c2ccccc2)n2c(s/c(=C\c3ccc(OCc4cccc(F)c4)cc3)c2=O)=N1. The Morgan fingerprint density at radius 3 is 2.53 bits per heavy atom. The Labute approximate surface area is 222 Å². The fraction of sp³-hybridized carbons (Fsp3) is 0.167. The number of benzene rings is 3. The van der Waals surface area contributed by atoms with Gasteiger partial charge < -0.3 is 9.47 Å². The maximum atomic E-state index is 13.7. The van der Waals surface area contributed by atoms with Gasteiger partial charge in [-0.25, -0.2) is 14.2 Å². The molecule has 6 nitrogen and oxygen atoms in total. The zero-order valence-corrected chi connectivity index (χ0v) is 21.7. The van der Waals surface area contributed by atoms with E-state index in [9.17, 15) is 14.0 Å². The molecule has 0 saturated carbocycles. The molecule has 0 amide bonds. The van der Waals surface area contributed by atoms with Crippen LogP contribution in [0.3, 0.4) is 0 Å². The average Bonchev–Trinajstić information content (AvgIpc) is 3.26. The highest BCUT2D eigenvalue weighted by molar-refractivity contribution is 7.07. The van der Waals surface area contributed by atoms with Crippen LogP contribution in [0.25, 0.3) is 6.08 Å². The molecule has 4 aromatic rings. The van der Waals surface area contributed by atoms with Crippen LogP contribution in [0, 0.1) is 5.82 Å². The lowest BCUT2D eigenvalue weighted by molar-refractivity contribution is -0.136. The smallest absolute Gasteiger partial charge is 0.338 e. The second kappa shape index (κ2) is 11.0. The minimum absolute atomic E-state index is 0.231. The molecule has 0 unspecified atom stereocenters. The van der Waals surface area contributed by atoms with Crippen molar-refractivity contribution < 1.29 is 18.7 Å². The van der Waals surface area contributed by atoms with Crippen molar-refractivity contribution >= 4 is 23.4 Å². The van der Waals surface area contributed by atoms with Crippen molar-refractivity contribution in [2.24, 2.45) is 4.99 Å². The molecule has 1 aliphatic rings. The highest BCUT2D eigenvalue weighted by atomic mass is 32.1. The van der Waals surface area contributed by atoms with E-state index in [1.807, 2.05) is 49.4 Å². The van der Waals surface area contributed by atoms with E-state index < -0.39 is 12.0 Å². The lowest BCUT2D eigenvalue weighted by Gasteiger charge is -2.25. The van der Waals surface area contributed by atoms with Gasteiger partial charge in [0.05, 0.1) is 29.0 Å². The number of carbonyl (C=O) groups excluding carboxylic acids is 1. The fourth-order valence-corrected chi connectivity index (χ4v) is 5.44. The molecule has 0 aliphatic carbocycles. The van der Waals surface area contributed by atoms with Crippen LogP contribution in [0.5, 0.6) is 5.75 Å². The number of hydrogen-bond donors (Lipinski definition) is 0. The van der Waals surface area contributed by atoms with Gasteiger partial charge in [0.2, 0.25) is 0 Å². The van der Waals surface area contributed by atoms with Crippen molar-refractivity contribution in [3.63, 3.8) is 0 Å². The van der Waals surface area contributed by atoms with Gasteiger partial charge in [-0.3, -0.25) is 9.36 Å². The summed E-state index contributed by atoms with van der Waals surface area (Å²) < 4.78 is 26.3. The Balaban J connectivity index is 1.50. The van der Waals surface area contributed by atoms with E-state index in [-0.39, 0.29) is 18.0 Å². The summed E-state index contributed by atoms with van der Waals surface area (Å²) in [4.78, 5) is 31.7. The van der Waals surface area contributed by atoms with Gasteiger partial charge in [-0.1, -0.05) is 72.9 Å². The first-order chi connectivity index (χ1) is 18.5. The molecule has 0 saturated heterocycles. The molecule has 0 spiro atoms. The van der Waals surface area contributed by atoms with Crippen LogP contribution < -0.4 is 19.6 Å². The van der Waals surface area contributed by atoms with E-state index >= 15 is 0 Å². The summed E-state index contributed by atoms with van der Waals surface area (Å²) in [5, 5.41) is 0. The molecule has 0 radical (unpaired) electrons. The van der Waals surface area contributed by atoms with E-state index in [2.05, 4.69) is 4.99 Å². The molecular formula is C30H25FN2O4S. The summed E-state index contributed by atoms with van der Waals surface area (Å²) in [7, 11) is 1.33. The number of nitrogens with zero attached hydrogens (tertiary/aromatic N) is 2. The Kier molecular flexibility index (Phi) is 7.33. The first-order valence-electron chi connectivity index (χ1n) is 12.1. The fourth-order valence-electron chi connectivity index (χ4n) is 4.42. The number of methoxy groups -OCH3 is 1. The normalized spacial score (nSPS) is 15.1. The summed E-state index contributed by atoms with van der Waals surface area (Å²) in [6, 6.07) is 22.4. The third-order valence-electron chi connectivity index (χ3n) is 6.24. The molecule has 8 heteroatoms. The predicted molar refractivity (Wildman–Crippen MR) is 144 cm³/mol. The monoisotopic (exact) mass is 528 g/mol. The number of halogens is 1. The first-order valence-corrected chi connectivity index (χ1v) is 13.0. The summed E-state index contributed by atoms with van der Waals surface area (Å²) in [6.07, 6.45) is 2.33. The van der Waals surface area contributed by atoms with Crippen LogP contribution in [0.15, 0.2) is 99.9 Å². The topological polar surface area (TPSA) is 69.9 Å². The van der Waals surface area contributed by atoms with Crippen molar-refractivity contribution in [1.82, 2.24) is 4.57 Å². The van der Waals surface area contributed by atoms with Crippen LogP contribution in [0.1, 0.15) is 36.1 Å². The zero-order valence-electron chi connectivity index (χ0n) is 20.9. The zero-order chi connectivity index (χ0) is 26.6. The lowest BCUT2D eigenvalue weighted by atomic mass is 9.95. The van der Waals surface area contributed by atoms with E-state index in [0.29, 0.717) is 32.8 Å². The Morgan fingerprint density at radius 2 is 1.84 bits per heavy atom. The molecule has 192 valence electrons. The van der Waals surface area contributed by atoms with Gasteiger partial charge in [0.1, 0.15) is 18.2 Å². The third-order valence-corrected chi connectivity index (χ3v) is 7.22. The van der Waals surface area contributed by atoms with Crippen LogP contribution in [0.4, 0.5) is 4.39 Å². The Hall–Kier alpha value is -4.30. The van der Waals surface area contributed by atoms with Crippen molar-refractivity contribution in [1.29, 1.82) is 0 Å². The quantitative estimate of drug-likeness (QED) is 0.331. The van der Waals surface area contributed by atoms with Gasteiger partial charge >= 0.3 is 5.97 Å². The number of rotatable bonds is 7. The van der Waals surface area contributed by atoms with Gasteiger partial charge in [0.25, 0.3) is 5.56 Å². The Morgan fingerprint density at radius 1 is 1.08 bits per heavy atom. The van der Waals surface area contributed by atoms with Crippen molar-refractivity contribution in [3.8, 4) is 5.75 Å². The van der Waals surface area contributed by atoms with Crippen LogP contribution in [-0.2, 0) is 16.1 Å². The average molecular weight is 529 g/mol. The number of esters is 1. The maximum Gasteiger partial charge on any atom is 0.338 e. The van der Waals surface area contributed by atoms with E-state index in [1.165, 1.54) is 30.6 Å². The summed E-state index contributed by atoms with van der Waals surface area (Å²) in [5.74, 6) is -0.169. The van der Waals surface area contributed by atoms with Crippen molar-refractivity contribution in [2.45, 2.75) is 26.0 Å². The largest absolute Gasteiger partial charge is 0.489 e. The number of hydrogen-bond acceptors (Lipinski definition) is 6. The van der Waals surface area contributed by atoms with Gasteiger partial charge in [-0.05, 0) is 53.5 Å². The van der Waals surface area contributed by atoms with Gasteiger partial charge in [-0.15, -0.1) is 0 Å². The third kappa shape index (κ3) is 5.08. The van der Waals surface area contributed by atoms with Gasteiger partial charge in [0.15, 0.2) is 4.80 Å². The summed E-state index contributed by atoms with van der Waals surface area (Å²) in [5.41, 5.74) is 3.11. The minimum atomic E-state index is -0.629. The molecular weight excluding hydrogens is 503 g/mol. The standard InChI is InChI=1S/C30H25FN2O4S/c1-3-24-26(29(35)36-2)27(21-9-5-4-6-10-21)33-28(34)25(38-30(33)32-24)17-19-12-14-23(15-13-19)37-18-20-8-7-11-22(31)16-20/h4-17,27H,3,18H2,1-2H3/b25-17-/t27-/m1/s1. The molecule has 3 aromatic carbocycles. The number of fused-ring (bicyclic) bond motifs is 1. The van der Waals surface area contributed by atoms with Gasteiger partial charge in [0, 0.05) is 0 Å². The van der Waals surface area contributed by atoms with Crippen molar-refractivity contribution in [2.75, 3.05) is 7.11 Å². The number of thiazole rings is 1. The molecule has 2 heterocycles. The Bertz CT molecular complexity index is 1690. The summed E-state index contributed by atoms with van der Waals surface area (Å²) >= 11 is 1.28. The van der Waals surface area contributed by atoms with Crippen LogP contribution in [-0.4, -0.2) is 17.6 Å². The first kappa shape index (κ1) is 25.4. The molecule has 38 heavy (non-hydrogen) atoms.